The fourth-order valence-corrected chi connectivity index (χ4v) is 3.43. The molecule has 0 aliphatic carbocycles. The minimum atomic E-state index is -0.456. The number of quaternary nitrogens is 1. The minimum Gasteiger partial charge on any atom is -0.497 e. The summed E-state index contributed by atoms with van der Waals surface area (Å²) in [6, 6.07) is 17.3. The highest BCUT2D eigenvalue weighted by molar-refractivity contribution is 5.51. The molecule has 3 aromatic rings. The molecule has 7 heteroatoms. The van der Waals surface area contributed by atoms with E-state index in [0.717, 1.165) is 6.54 Å². The predicted molar refractivity (Wildman–Crippen MR) is 103 cm³/mol. The van der Waals surface area contributed by atoms with Crippen LogP contribution in [0.1, 0.15) is 11.1 Å². The van der Waals surface area contributed by atoms with Crippen molar-refractivity contribution in [3.63, 3.8) is 0 Å². The zero-order valence-corrected chi connectivity index (χ0v) is 15.0. The van der Waals surface area contributed by atoms with Gasteiger partial charge < -0.3 is 15.0 Å². The van der Waals surface area contributed by atoms with Gasteiger partial charge >= 0.3 is 5.69 Å². The summed E-state index contributed by atoms with van der Waals surface area (Å²) in [4.78, 5) is 28.5. The number of aromatic amines is 1. The van der Waals surface area contributed by atoms with Crippen LogP contribution in [0.3, 0.4) is 0 Å². The first kappa shape index (κ1) is 17.1. The van der Waals surface area contributed by atoms with Crippen LogP contribution in [0, 0.1) is 0 Å². The summed E-state index contributed by atoms with van der Waals surface area (Å²) in [6.45, 7) is 1.97. The molecule has 1 atom stereocenters. The Hall–Kier alpha value is -3.32. The van der Waals surface area contributed by atoms with E-state index in [0.29, 0.717) is 36.0 Å². The second-order valence-electron chi connectivity index (χ2n) is 6.56. The summed E-state index contributed by atoms with van der Waals surface area (Å²) in [5.41, 5.74) is 1.67. The molecule has 4 rings (SSSR count). The number of aromatic nitrogens is 2. The molecule has 7 nitrogen and oxygen atoms in total. The Bertz CT molecular complexity index is 1060. The van der Waals surface area contributed by atoms with E-state index in [4.69, 9.17) is 4.74 Å². The van der Waals surface area contributed by atoms with Gasteiger partial charge in [-0.05, 0) is 24.3 Å². The molecule has 0 fully saturated rings. The number of fused-ring (bicyclic) bond motifs is 1. The van der Waals surface area contributed by atoms with Gasteiger partial charge in [-0.1, -0.05) is 30.3 Å². The van der Waals surface area contributed by atoms with Crippen LogP contribution in [0.15, 0.2) is 64.2 Å². The number of rotatable bonds is 4. The largest absolute Gasteiger partial charge is 0.497 e. The molecule has 0 saturated carbocycles. The maximum absolute atomic E-state index is 12.5. The molecule has 3 N–H and O–H groups in total. The Morgan fingerprint density at radius 1 is 1.07 bits per heavy atom. The quantitative estimate of drug-likeness (QED) is 0.629. The lowest BCUT2D eigenvalue weighted by atomic mass is 10.1. The Morgan fingerprint density at radius 3 is 2.52 bits per heavy atom. The van der Waals surface area contributed by atoms with Crippen molar-refractivity contribution in [2.24, 2.45) is 0 Å². The molecule has 0 radical (unpaired) electrons. The third-order valence-electron chi connectivity index (χ3n) is 4.77. The molecular weight excluding hydrogens is 344 g/mol. The van der Waals surface area contributed by atoms with E-state index in [-0.39, 0.29) is 5.56 Å². The average molecular weight is 365 g/mol. The molecule has 2 aromatic carbocycles. The second kappa shape index (κ2) is 7.13. The smallest absolute Gasteiger partial charge is 0.334 e. The van der Waals surface area contributed by atoms with Gasteiger partial charge in [-0.15, -0.1) is 0 Å². The fourth-order valence-electron chi connectivity index (χ4n) is 3.43. The van der Waals surface area contributed by atoms with Crippen molar-refractivity contribution in [3.8, 4) is 11.4 Å². The monoisotopic (exact) mass is 365 g/mol. The Morgan fingerprint density at radius 2 is 1.81 bits per heavy atom. The molecule has 1 aliphatic rings. The van der Waals surface area contributed by atoms with Crippen molar-refractivity contribution in [1.82, 2.24) is 9.55 Å². The van der Waals surface area contributed by atoms with Crippen LogP contribution in [0.5, 0.6) is 5.75 Å². The zero-order valence-electron chi connectivity index (χ0n) is 15.0. The summed E-state index contributed by atoms with van der Waals surface area (Å²) >= 11 is 0. The van der Waals surface area contributed by atoms with Crippen LogP contribution < -0.4 is 26.2 Å². The van der Waals surface area contributed by atoms with Crippen molar-refractivity contribution < 1.29 is 9.64 Å². The summed E-state index contributed by atoms with van der Waals surface area (Å²) in [5, 5.41) is 3.28. The van der Waals surface area contributed by atoms with E-state index < -0.39 is 5.69 Å². The number of hydrogen-bond donors (Lipinski definition) is 3. The lowest BCUT2D eigenvalue weighted by Gasteiger charge is -2.28. The van der Waals surface area contributed by atoms with E-state index in [1.807, 2.05) is 18.2 Å². The van der Waals surface area contributed by atoms with Crippen molar-refractivity contribution in [2.45, 2.75) is 13.1 Å². The zero-order chi connectivity index (χ0) is 18.8. The van der Waals surface area contributed by atoms with E-state index in [2.05, 4.69) is 22.4 Å². The van der Waals surface area contributed by atoms with Gasteiger partial charge in [0.15, 0.2) is 6.67 Å². The lowest BCUT2D eigenvalue weighted by Crippen LogP contribution is -3.11. The standard InChI is InChI=1S/C20H20N4O3/c1-27-16-9-7-15(8-10-16)24-18-17(19(25)22-20(24)26)12-23(13-21-18)11-14-5-3-2-4-6-14/h2-10,21H,11-13H2,1H3,(H,22,25,26)/p+1. The predicted octanol–water partition coefficient (Wildman–Crippen LogP) is 0.503. The van der Waals surface area contributed by atoms with E-state index in [1.165, 1.54) is 15.0 Å². The SMILES string of the molecule is COc1ccc(-n2c3c(c(=O)[nH]c2=O)C[NH+](Cc2ccccc2)CN3)cc1. The number of hydrogen-bond acceptors (Lipinski definition) is 4. The maximum atomic E-state index is 12.5. The molecule has 1 aliphatic heterocycles. The topological polar surface area (TPSA) is 80.6 Å². The third kappa shape index (κ3) is 3.37. The van der Waals surface area contributed by atoms with E-state index in [9.17, 15) is 9.59 Å². The molecular formula is C20H21N4O3+. The molecule has 2 heterocycles. The van der Waals surface area contributed by atoms with Crippen LogP contribution >= 0.6 is 0 Å². The summed E-state index contributed by atoms with van der Waals surface area (Å²) in [5.74, 6) is 1.27. The van der Waals surface area contributed by atoms with Gasteiger partial charge in [0.1, 0.15) is 30.2 Å². The number of nitrogens with zero attached hydrogens (tertiary/aromatic N) is 1. The number of H-pyrrole nitrogens is 1. The Labute approximate surface area is 155 Å². The number of methoxy groups -OCH3 is 1. The molecule has 138 valence electrons. The molecule has 0 amide bonds. The van der Waals surface area contributed by atoms with Gasteiger partial charge in [0.25, 0.3) is 5.56 Å². The number of nitrogens with one attached hydrogen (secondary N) is 3. The molecule has 1 unspecified atom stereocenters. The summed E-state index contributed by atoms with van der Waals surface area (Å²) in [7, 11) is 1.59. The van der Waals surface area contributed by atoms with Crippen molar-refractivity contribution in [2.75, 3.05) is 19.1 Å². The van der Waals surface area contributed by atoms with Gasteiger partial charge in [0, 0.05) is 5.56 Å². The Kier molecular flexibility index (Phi) is 4.52. The van der Waals surface area contributed by atoms with Crippen LogP contribution in [-0.4, -0.2) is 23.3 Å². The van der Waals surface area contributed by atoms with E-state index >= 15 is 0 Å². The van der Waals surface area contributed by atoms with Crippen molar-refractivity contribution in [1.29, 1.82) is 0 Å². The minimum absolute atomic E-state index is 0.336. The van der Waals surface area contributed by atoms with Gasteiger partial charge in [-0.2, -0.15) is 0 Å². The van der Waals surface area contributed by atoms with Gasteiger partial charge in [-0.3, -0.25) is 9.78 Å². The summed E-state index contributed by atoms with van der Waals surface area (Å²) < 4.78 is 6.68. The van der Waals surface area contributed by atoms with Gasteiger partial charge in [0.05, 0.1) is 12.8 Å². The van der Waals surface area contributed by atoms with Crippen LogP contribution in [0.25, 0.3) is 5.69 Å². The molecule has 0 spiro atoms. The average Bonchev–Trinajstić information content (AvgIpc) is 2.70. The first-order valence-corrected chi connectivity index (χ1v) is 8.79. The highest BCUT2D eigenvalue weighted by Crippen LogP contribution is 2.19. The highest BCUT2D eigenvalue weighted by Gasteiger charge is 2.26. The Balaban J connectivity index is 1.70. The highest BCUT2D eigenvalue weighted by atomic mass is 16.5. The first-order chi connectivity index (χ1) is 13.2. The number of ether oxygens (including phenoxy) is 1. The second-order valence-corrected chi connectivity index (χ2v) is 6.56. The van der Waals surface area contributed by atoms with Gasteiger partial charge in [0.2, 0.25) is 0 Å². The van der Waals surface area contributed by atoms with E-state index in [1.54, 1.807) is 31.4 Å². The molecule has 0 saturated heterocycles. The van der Waals surface area contributed by atoms with Crippen LogP contribution in [0.2, 0.25) is 0 Å². The normalized spacial score (nSPS) is 15.7. The van der Waals surface area contributed by atoms with Crippen LogP contribution in [-0.2, 0) is 13.1 Å². The number of benzene rings is 2. The third-order valence-corrected chi connectivity index (χ3v) is 4.77. The van der Waals surface area contributed by atoms with Crippen molar-refractivity contribution in [3.05, 3.63) is 86.6 Å². The lowest BCUT2D eigenvalue weighted by molar-refractivity contribution is -0.926. The molecule has 27 heavy (non-hydrogen) atoms. The van der Waals surface area contributed by atoms with Crippen LogP contribution in [0.4, 0.5) is 5.82 Å². The maximum Gasteiger partial charge on any atom is 0.334 e. The van der Waals surface area contributed by atoms with Crippen molar-refractivity contribution >= 4 is 5.82 Å². The molecule has 1 aromatic heterocycles. The number of anilines is 1. The fraction of sp³-hybridized carbons (Fsp3) is 0.200. The molecule has 0 bridgehead atoms. The first-order valence-electron chi connectivity index (χ1n) is 8.79. The van der Waals surface area contributed by atoms with Gasteiger partial charge in [-0.25, -0.2) is 9.36 Å². The summed E-state index contributed by atoms with van der Waals surface area (Å²) in [6.07, 6.45) is 0.